The smallest absolute Gasteiger partial charge is 0.330 e. The standard InChI is InChI=1S/C9H16O2S/c1-4-12-8(2)6-5-7-9(10)11-3/h5,7-8H,4,6H2,1-3H3. The van der Waals surface area contributed by atoms with Gasteiger partial charge in [-0.2, -0.15) is 11.8 Å². The summed E-state index contributed by atoms with van der Waals surface area (Å²) in [5.74, 6) is 0.844. The number of thioether (sulfide) groups is 1. The molecular weight excluding hydrogens is 172 g/mol. The summed E-state index contributed by atoms with van der Waals surface area (Å²) in [6.07, 6.45) is 4.26. The molecule has 0 aliphatic carbocycles. The Hall–Kier alpha value is -0.440. The Kier molecular flexibility index (Phi) is 6.96. The number of allylic oxidation sites excluding steroid dienone is 1. The lowest BCUT2D eigenvalue weighted by molar-refractivity contribution is -0.134. The molecule has 0 aromatic carbocycles. The minimum absolute atomic E-state index is 0.274. The summed E-state index contributed by atoms with van der Waals surface area (Å²) >= 11 is 1.89. The van der Waals surface area contributed by atoms with Gasteiger partial charge in [-0.3, -0.25) is 0 Å². The second-order valence-electron chi connectivity index (χ2n) is 2.43. The number of carbonyl (C=O) groups is 1. The van der Waals surface area contributed by atoms with Crippen LogP contribution < -0.4 is 0 Å². The van der Waals surface area contributed by atoms with E-state index >= 15 is 0 Å². The van der Waals surface area contributed by atoms with E-state index in [1.165, 1.54) is 13.2 Å². The molecule has 0 aromatic rings. The molecule has 0 saturated carbocycles. The van der Waals surface area contributed by atoms with Gasteiger partial charge in [0.25, 0.3) is 0 Å². The van der Waals surface area contributed by atoms with Crippen molar-refractivity contribution >= 4 is 17.7 Å². The maximum absolute atomic E-state index is 10.6. The second-order valence-corrected chi connectivity index (χ2v) is 4.14. The fourth-order valence-electron chi connectivity index (χ4n) is 0.777. The van der Waals surface area contributed by atoms with Crippen molar-refractivity contribution < 1.29 is 9.53 Å². The number of esters is 1. The van der Waals surface area contributed by atoms with E-state index in [1.807, 2.05) is 17.8 Å². The third-order valence-corrected chi connectivity index (χ3v) is 2.47. The highest BCUT2D eigenvalue weighted by atomic mass is 32.2. The third-order valence-electron chi connectivity index (χ3n) is 1.37. The summed E-state index contributed by atoms with van der Waals surface area (Å²) < 4.78 is 4.46. The zero-order valence-electron chi connectivity index (χ0n) is 7.87. The van der Waals surface area contributed by atoms with E-state index < -0.39 is 0 Å². The van der Waals surface area contributed by atoms with Crippen molar-refractivity contribution in [3.8, 4) is 0 Å². The van der Waals surface area contributed by atoms with Gasteiger partial charge in [-0.05, 0) is 12.2 Å². The predicted molar refractivity (Wildman–Crippen MR) is 53.4 cm³/mol. The van der Waals surface area contributed by atoms with Crippen LogP contribution in [0.4, 0.5) is 0 Å². The summed E-state index contributed by atoms with van der Waals surface area (Å²) in [6, 6.07) is 0. The molecule has 0 aromatic heterocycles. The Morgan fingerprint density at radius 2 is 2.33 bits per heavy atom. The molecule has 3 heteroatoms. The van der Waals surface area contributed by atoms with E-state index in [4.69, 9.17) is 0 Å². The van der Waals surface area contributed by atoms with Crippen LogP contribution in [0, 0.1) is 0 Å². The molecule has 0 rings (SSSR count). The molecule has 70 valence electrons. The van der Waals surface area contributed by atoms with E-state index in [-0.39, 0.29) is 5.97 Å². The summed E-state index contributed by atoms with van der Waals surface area (Å²) in [5.41, 5.74) is 0. The van der Waals surface area contributed by atoms with Crippen LogP contribution in [0.25, 0.3) is 0 Å². The van der Waals surface area contributed by atoms with Gasteiger partial charge in [-0.15, -0.1) is 0 Å². The maximum Gasteiger partial charge on any atom is 0.330 e. The molecule has 0 N–H and O–H groups in total. The Morgan fingerprint density at radius 3 is 2.83 bits per heavy atom. The summed E-state index contributed by atoms with van der Waals surface area (Å²) in [4.78, 5) is 10.6. The fraction of sp³-hybridized carbons (Fsp3) is 0.667. The van der Waals surface area contributed by atoms with Crippen LogP contribution in [0.3, 0.4) is 0 Å². The third kappa shape index (κ3) is 6.28. The Labute approximate surface area is 78.4 Å². The van der Waals surface area contributed by atoms with E-state index in [0.29, 0.717) is 5.25 Å². The van der Waals surface area contributed by atoms with Gasteiger partial charge in [-0.25, -0.2) is 4.79 Å². The topological polar surface area (TPSA) is 26.3 Å². The van der Waals surface area contributed by atoms with Crippen LogP contribution in [0.15, 0.2) is 12.2 Å². The molecule has 1 unspecified atom stereocenters. The van der Waals surface area contributed by atoms with Gasteiger partial charge in [0.05, 0.1) is 7.11 Å². The van der Waals surface area contributed by atoms with Crippen LogP contribution in [-0.4, -0.2) is 24.1 Å². The molecule has 12 heavy (non-hydrogen) atoms. The van der Waals surface area contributed by atoms with E-state index in [0.717, 1.165) is 12.2 Å². The Balaban J connectivity index is 3.52. The number of hydrogen-bond acceptors (Lipinski definition) is 3. The van der Waals surface area contributed by atoms with Crippen molar-refractivity contribution in [2.24, 2.45) is 0 Å². The van der Waals surface area contributed by atoms with Gasteiger partial charge in [0, 0.05) is 11.3 Å². The van der Waals surface area contributed by atoms with E-state index in [1.54, 1.807) is 0 Å². The minimum atomic E-state index is -0.274. The first-order chi connectivity index (χ1) is 5.70. The predicted octanol–water partition coefficient (Wildman–Crippen LogP) is 2.25. The average molecular weight is 188 g/mol. The number of rotatable bonds is 5. The monoisotopic (exact) mass is 188 g/mol. The normalized spacial score (nSPS) is 13.2. The van der Waals surface area contributed by atoms with Crippen LogP contribution in [0.5, 0.6) is 0 Å². The van der Waals surface area contributed by atoms with Gasteiger partial charge < -0.3 is 4.74 Å². The van der Waals surface area contributed by atoms with Gasteiger partial charge in [0.15, 0.2) is 0 Å². The molecule has 2 nitrogen and oxygen atoms in total. The zero-order valence-corrected chi connectivity index (χ0v) is 8.69. The summed E-state index contributed by atoms with van der Waals surface area (Å²) in [7, 11) is 1.39. The summed E-state index contributed by atoms with van der Waals surface area (Å²) in [6.45, 7) is 4.28. The molecular formula is C9H16O2S. The number of carbonyl (C=O) groups excluding carboxylic acids is 1. The van der Waals surface area contributed by atoms with Crippen LogP contribution in [0.1, 0.15) is 20.3 Å². The highest BCUT2D eigenvalue weighted by Crippen LogP contribution is 2.13. The highest BCUT2D eigenvalue weighted by Gasteiger charge is 1.97. The molecule has 0 amide bonds. The Morgan fingerprint density at radius 1 is 1.67 bits per heavy atom. The second kappa shape index (κ2) is 7.22. The number of hydrogen-bond donors (Lipinski definition) is 0. The van der Waals surface area contributed by atoms with Gasteiger partial charge in [0.1, 0.15) is 0 Å². The van der Waals surface area contributed by atoms with E-state index in [2.05, 4.69) is 18.6 Å². The lowest BCUT2D eigenvalue weighted by atomic mass is 10.3. The molecule has 0 aliphatic rings. The van der Waals surface area contributed by atoms with Crippen molar-refractivity contribution in [2.75, 3.05) is 12.9 Å². The molecule has 0 radical (unpaired) electrons. The van der Waals surface area contributed by atoms with Crippen LogP contribution in [0.2, 0.25) is 0 Å². The molecule has 0 saturated heterocycles. The van der Waals surface area contributed by atoms with Crippen molar-refractivity contribution in [2.45, 2.75) is 25.5 Å². The summed E-state index contributed by atoms with van der Waals surface area (Å²) in [5, 5.41) is 0.580. The lowest BCUT2D eigenvalue weighted by Gasteiger charge is -2.04. The minimum Gasteiger partial charge on any atom is -0.466 e. The van der Waals surface area contributed by atoms with E-state index in [9.17, 15) is 4.79 Å². The van der Waals surface area contributed by atoms with Crippen LogP contribution in [-0.2, 0) is 9.53 Å². The SMILES string of the molecule is CCSC(C)CC=CC(=O)OC. The molecule has 0 heterocycles. The van der Waals surface area contributed by atoms with Crippen molar-refractivity contribution in [3.63, 3.8) is 0 Å². The molecule has 1 atom stereocenters. The molecule has 0 spiro atoms. The quantitative estimate of drug-likeness (QED) is 0.489. The van der Waals surface area contributed by atoms with Crippen LogP contribution >= 0.6 is 11.8 Å². The number of methoxy groups -OCH3 is 1. The first-order valence-corrected chi connectivity index (χ1v) is 5.11. The number of ether oxygens (including phenoxy) is 1. The maximum atomic E-state index is 10.6. The molecule has 0 aliphatic heterocycles. The fourth-order valence-corrected chi connectivity index (χ4v) is 1.59. The average Bonchev–Trinajstić information content (AvgIpc) is 2.04. The Bertz CT molecular complexity index is 155. The zero-order chi connectivity index (χ0) is 9.40. The molecule has 0 bridgehead atoms. The van der Waals surface area contributed by atoms with Crippen molar-refractivity contribution in [1.82, 2.24) is 0 Å². The van der Waals surface area contributed by atoms with Crippen molar-refractivity contribution in [1.29, 1.82) is 0 Å². The molecule has 0 fully saturated rings. The first kappa shape index (κ1) is 11.6. The van der Waals surface area contributed by atoms with Gasteiger partial charge in [-0.1, -0.05) is 19.9 Å². The first-order valence-electron chi connectivity index (χ1n) is 4.06. The highest BCUT2D eigenvalue weighted by molar-refractivity contribution is 7.99. The lowest BCUT2D eigenvalue weighted by Crippen LogP contribution is -1.97. The van der Waals surface area contributed by atoms with Gasteiger partial charge >= 0.3 is 5.97 Å². The van der Waals surface area contributed by atoms with Gasteiger partial charge in [0.2, 0.25) is 0 Å². The van der Waals surface area contributed by atoms with Crippen molar-refractivity contribution in [3.05, 3.63) is 12.2 Å². The largest absolute Gasteiger partial charge is 0.466 e.